The monoisotopic (exact) mass is 242 g/mol. The van der Waals surface area contributed by atoms with Crippen LogP contribution in [0.15, 0.2) is 5.10 Å². The van der Waals surface area contributed by atoms with Gasteiger partial charge in [0.1, 0.15) is 5.71 Å². The number of esters is 1. The summed E-state index contributed by atoms with van der Waals surface area (Å²) in [5.41, 5.74) is 3.46. The third kappa shape index (κ3) is 8.72. The minimum atomic E-state index is -0.294. The first-order valence-electron chi connectivity index (χ1n) is 6.58. The molecular formula is C13H26N2O2. The number of unbranched alkanes of at least 4 members (excludes halogenated alkanes) is 1. The molecule has 0 heterocycles. The molecule has 0 aliphatic rings. The van der Waals surface area contributed by atoms with Gasteiger partial charge in [-0.15, -0.1) is 0 Å². The van der Waals surface area contributed by atoms with Crippen LogP contribution in [0.4, 0.5) is 0 Å². The minimum Gasteiger partial charge on any atom is -0.461 e. The van der Waals surface area contributed by atoms with E-state index in [9.17, 15) is 4.79 Å². The molecule has 0 unspecified atom stereocenters. The van der Waals surface area contributed by atoms with E-state index in [2.05, 4.69) is 31.3 Å². The smallest absolute Gasteiger partial charge is 0.354 e. The molecule has 0 fully saturated rings. The average Bonchev–Trinajstić information content (AvgIpc) is 2.28. The van der Waals surface area contributed by atoms with Crippen LogP contribution >= 0.6 is 0 Å². The van der Waals surface area contributed by atoms with Crippen LogP contribution in [-0.4, -0.2) is 24.8 Å². The number of ether oxygens (including phenoxy) is 1. The lowest BCUT2D eigenvalue weighted by Crippen LogP contribution is -2.22. The van der Waals surface area contributed by atoms with E-state index in [1.807, 2.05) is 6.92 Å². The molecule has 0 bridgehead atoms. The van der Waals surface area contributed by atoms with Gasteiger partial charge in [0.15, 0.2) is 0 Å². The number of hydrazone groups is 1. The van der Waals surface area contributed by atoms with Crippen LogP contribution in [0.3, 0.4) is 0 Å². The van der Waals surface area contributed by atoms with E-state index in [0.717, 1.165) is 25.8 Å². The molecule has 17 heavy (non-hydrogen) atoms. The van der Waals surface area contributed by atoms with E-state index in [1.165, 1.54) is 0 Å². The van der Waals surface area contributed by atoms with Crippen molar-refractivity contribution in [2.45, 2.75) is 53.4 Å². The molecule has 0 aromatic rings. The van der Waals surface area contributed by atoms with E-state index in [-0.39, 0.29) is 5.97 Å². The number of hydrogen-bond donors (Lipinski definition) is 1. The molecule has 1 N–H and O–H groups in total. The van der Waals surface area contributed by atoms with E-state index in [1.54, 1.807) is 0 Å². The summed E-state index contributed by atoms with van der Waals surface area (Å²) in [5.74, 6) is 0.345. The highest BCUT2D eigenvalue weighted by Crippen LogP contribution is 2.00. The maximum Gasteiger partial charge on any atom is 0.354 e. The van der Waals surface area contributed by atoms with Gasteiger partial charge in [0.25, 0.3) is 0 Å². The Balaban J connectivity index is 4.14. The van der Waals surface area contributed by atoms with Crippen molar-refractivity contribution < 1.29 is 9.53 Å². The van der Waals surface area contributed by atoms with Gasteiger partial charge < -0.3 is 10.2 Å². The Morgan fingerprint density at radius 1 is 1.35 bits per heavy atom. The number of carbonyl (C=O) groups excluding carboxylic acids is 1. The van der Waals surface area contributed by atoms with Crippen LogP contribution in [-0.2, 0) is 9.53 Å². The molecule has 0 saturated carbocycles. The molecule has 0 amide bonds. The second-order valence-corrected chi connectivity index (χ2v) is 4.47. The first-order valence-corrected chi connectivity index (χ1v) is 6.58. The second-order valence-electron chi connectivity index (χ2n) is 4.47. The predicted molar refractivity (Wildman–Crippen MR) is 71.1 cm³/mol. The van der Waals surface area contributed by atoms with Crippen molar-refractivity contribution in [2.75, 3.05) is 13.2 Å². The van der Waals surface area contributed by atoms with Gasteiger partial charge in [-0.1, -0.05) is 27.2 Å². The Hall–Kier alpha value is -1.06. The Labute approximate surface area is 105 Å². The highest BCUT2D eigenvalue weighted by atomic mass is 16.5. The molecule has 0 aliphatic heterocycles. The van der Waals surface area contributed by atoms with Gasteiger partial charge in [-0.05, 0) is 32.1 Å². The minimum absolute atomic E-state index is 0.294. The summed E-state index contributed by atoms with van der Waals surface area (Å²) < 4.78 is 4.97. The zero-order valence-corrected chi connectivity index (χ0v) is 11.6. The maximum atomic E-state index is 11.6. The summed E-state index contributed by atoms with van der Waals surface area (Å²) in [7, 11) is 0. The molecule has 4 heteroatoms. The van der Waals surface area contributed by atoms with Crippen molar-refractivity contribution in [1.82, 2.24) is 5.43 Å². The summed E-state index contributed by atoms with van der Waals surface area (Å²) in [5, 5.41) is 4.14. The van der Waals surface area contributed by atoms with Gasteiger partial charge in [-0.25, -0.2) is 4.79 Å². The molecule has 0 aromatic carbocycles. The number of nitrogens with one attached hydrogen (secondary N) is 1. The third-order valence-corrected chi connectivity index (χ3v) is 2.33. The molecule has 0 atom stereocenters. The molecule has 100 valence electrons. The van der Waals surface area contributed by atoms with Crippen molar-refractivity contribution in [1.29, 1.82) is 0 Å². The van der Waals surface area contributed by atoms with Gasteiger partial charge >= 0.3 is 5.97 Å². The Bertz CT molecular complexity index is 238. The van der Waals surface area contributed by atoms with E-state index < -0.39 is 0 Å². The van der Waals surface area contributed by atoms with E-state index in [0.29, 0.717) is 24.7 Å². The van der Waals surface area contributed by atoms with Crippen LogP contribution in [0.2, 0.25) is 0 Å². The Kier molecular flexibility index (Phi) is 9.49. The van der Waals surface area contributed by atoms with Crippen molar-refractivity contribution in [3.05, 3.63) is 0 Å². The maximum absolute atomic E-state index is 11.6. The highest BCUT2D eigenvalue weighted by molar-refractivity contribution is 6.36. The average molecular weight is 242 g/mol. The number of rotatable bonds is 9. The summed E-state index contributed by atoms with van der Waals surface area (Å²) >= 11 is 0. The number of nitrogens with zero attached hydrogens (tertiary/aromatic N) is 1. The summed E-state index contributed by atoms with van der Waals surface area (Å²) in [6, 6.07) is 0. The molecule has 0 spiro atoms. The van der Waals surface area contributed by atoms with Crippen LogP contribution < -0.4 is 5.43 Å². The molecule has 0 saturated heterocycles. The molecular weight excluding hydrogens is 216 g/mol. The summed E-state index contributed by atoms with van der Waals surface area (Å²) in [6.45, 7) is 9.42. The SMILES string of the molecule is CCCCC(=NNCCC(C)C)C(=O)OCC. The summed E-state index contributed by atoms with van der Waals surface area (Å²) in [6.07, 6.45) is 3.74. The lowest BCUT2D eigenvalue weighted by Gasteiger charge is -2.07. The second kappa shape index (κ2) is 10.1. The van der Waals surface area contributed by atoms with Crippen molar-refractivity contribution >= 4 is 11.7 Å². The molecule has 4 nitrogen and oxygen atoms in total. The standard InChI is InChI=1S/C13H26N2O2/c1-5-7-8-12(13(16)17-6-2)15-14-10-9-11(3)4/h11,14H,5-10H2,1-4H3. The Morgan fingerprint density at radius 3 is 2.59 bits per heavy atom. The normalized spacial score (nSPS) is 11.7. The van der Waals surface area contributed by atoms with Crippen molar-refractivity contribution in [3.8, 4) is 0 Å². The van der Waals surface area contributed by atoms with E-state index >= 15 is 0 Å². The molecule has 0 rings (SSSR count). The number of hydrogen-bond acceptors (Lipinski definition) is 4. The largest absolute Gasteiger partial charge is 0.461 e. The first kappa shape index (κ1) is 15.9. The summed E-state index contributed by atoms with van der Waals surface area (Å²) in [4.78, 5) is 11.6. The fourth-order valence-electron chi connectivity index (χ4n) is 1.27. The van der Waals surface area contributed by atoms with Gasteiger partial charge in [-0.3, -0.25) is 0 Å². The van der Waals surface area contributed by atoms with Crippen LogP contribution in [0.5, 0.6) is 0 Å². The molecule has 0 aliphatic carbocycles. The molecule has 0 radical (unpaired) electrons. The lowest BCUT2D eigenvalue weighted by atomic mass is 10.1. The molecule has 0 aromatic heterocycles. The van der Waals surface area contributed by atoms with E-state index in [4.69, 9.17) is 4.74 Å². The van der Waals surface area contributed by atoms with Crippen LogP contribution in [0.25, 0.3) is 0 Å². The van der Waals surface area contributed by atoms with Gasteiger partial charge in [0.05, 0.1) is 6.61 Å². The quantitative estimate of drug-likeness (QED) is 0.293. The number of carbonyl (C=O) groups is 1. The van der Waals surface area contributed by atoms with Crippen LogP contribution in [0, 0.1) is 5.92 Å². The lowest BCUT2D eigenvalue weighted by molar-refractivity contribution is -0.135. The predicted octanol–water partition coefficient (Wildman–Crippen LogP) is 2.73. The zero-order chi connectivity index (χ0) is 13.1. The van der Waals surface area contributed by atoms with Gasteiger partial charge in [0, 0.05) is 6.54 Å². The van der Waals surface area contributed by atoms with Gasteiger partial charge in [0.2, 0.25) is 0 Å². The van der Waals surface area contributed by atoms with Crippen LogP contribution in [0.1, 0.15) is 53.4 Å². The Morgan fingerprint density at radius 2 is 2.06 bits per heavy atom. The first-order chi connectivity index (χ1) is 8.11. The third-order valence-electron chi connectivity index (χ3n) is 2.33. The topological polar surface area (TPSA) is 50.7 Å². The zero-order valence-electron chi connectivity index (χ0n) is 11.6. The fraction of sp³-hybridized carbons (Fsp3) is 0.846. The fourth-order valence-corrected chi connectivity index (χ4v) is 1.27. The van der Waals surface area contributed by atoms with Crippen molar-refractivity contribution in [3.63, 3.8) is 0 Å². The van der Waals surface area contributed by atoms with Gasteiger partial charge in [-0.2, -0.15) is 5.10 Å². The highest BCUT2D eigenvalue weighted by Gasteiger charge is 2.11. The van der Waals surface area contributed by atoms with Crippen molar-refractivity contribution in [2.24, 2.45) is 11.0 Å².